The van der Waals surface area contributed by atoms with E-state index in [-0.39, 0.29) is 12.0 Å². The van der Waals surface area contributed by atoms with Gasteiger partial charge in [-0.05, 0) is 5.56 Å². The van der Waals surface area contributed by atoms with Crippen LogP contribution in [0.4, 0.5) is 0 Å². The van der Waals surface area contributed by atoms with Crippen molar-refractivity contribution in [2.45, 2.75) is 12.3 Å². The van der Waals surface area contributed by atoms with Crippen molar-refractivity contribution in [1.29, 1.82) is 0 Å². The van der Waals surface area contributed by atoms with E-state index in [1.54, 1.807) is 14.2 Å². The standard InChI is InChI=1S/C16H27NO3/c1-16(14-18,15-7-5-4-6-8-15)13-17(9-11-19-2)10-12-20-3/h4-8,18H,9-14H2,1-3H3. The lowest BCUT2D eigenvalue weighted by atomic mass is 9.82. The molecule has 114 valence electrons. The van der Waals surface area contributed by atoms with Gasteiger partial charge >= 0.3 is 0 Å². The van der Waals surface area contributed by atoms with Gasteiger partial charge in [-0.2, -0.15) is 0 Å². The zero-order valence-electron chi connectivity index (χ0n) is 12.8. The van der Waals surface area contributed by atoms with E-state index in [0.29, 0.717) is 13.2 Å². The van der Waals surface area contributed by atoms with Crippen LogP contribution in [0.1, 0.15) is 12.5 Å². The maximum atomic E-state index is 9.85. The van der Waals surface area contributed by atoms with E-state index >= 15 is 0 Å². The normalized spacial score (nSPS) is 14.4. The third-order valence-electron chi connectivity index (χ3n) is 3.62. The molecule has 4 nitrogen and oxygen atoms in total. The Kier molecular flexibility index (Phi) is 7.77. The molecule has 0 amide bonds. The monoisotopic (exact) mass is 281 g/mol. The van der Waals surface area contributed by atoms with Crippen molar-refractivity contribution in [1.82, 2.24) is 4.90 Å². The van der Waals surface area contributed by atoms with E-state index < -0.39 is 0 Å². The molecule has 1 atom stereocenters. The molecule has 4 heteroatoms. The van der Waals surface area contributed by atoms with Gasteiger partial charge in [0, 0.05) is 39.3 Å². The van der Waals surface area contributed by atoms with Crippen LogP contribution < -0.4 is 0 Å². The molecular formula is C16H27NO3. The highest BCUT2D eigenvalue weighted by atomic mass is 16.5. The molecule has 0 aromatic heterocycles. The smallest absolute Gasteiger partial charge is 0.0589 e. The molecule has 0 aliphatic heterocycles. The highest BCUT2D eigenvalue weighted by molar-refractivity contribution is 5.25. The van der Waals surface area contributed by atoms with E-state index in [9.17, 15) is 5.11 Å². The molecule has 0 fully saturated rings. The second-order valence-electron chi connectivity index (χ2n) is 5.35. The van der Waals surface area contributed by atoms with Crippen LogP contribution in [0.2, 0.25) is 0 Å². The Balaban J connectivity index is 2.75. The zero-order chi connectivity index (χ0) is 14.8. The highest BCUT2D eigenvalue weighted by Crippen LogP contribution is 2.24. The zero-order valence-corrected chi connectivity index (χ0v) is 12.8. The Morgan fingerprint density at radius 3 is 2.05 bits per heavy atom. The summed E-state index contributed by atoms with van der Waals surface area (Å²) in [6.45, 7) is 6.02. The summed E-state index contributed by atoms with van der Waals surface area (Å²) in [6.07, 6.45) is 0. The molecule has 20 heavy (non-hydrogen) atoms. The van der Waals surface area contributed by atoms with Crippen LogP contribution in [0.25, 0.3) is 0 Å². The number of rotatable bonds is 10. The van der Waals surface area contributed by atoms with Crippen LogP contribution in [0.3, 0.4) is 0 Å². The lowest BCUT2D eigenvalue weighted by Gasteiger charge is -2.34. The number of hydrogen-bond acceptors (Lipinski definition) is 4. The van der Waals surface area contributed by atoms with Crippen LogP contribution >= 0.6 is 0 Å². The summed E-state index contributed by atoms with van der Waals surface area (Å²) < 4.78 is 10.3. The molecule has 0 spiro atoms. The molecule has 1 aromatic carbocycles. The SMILES string of the molecule is COCCN(CCOC)CC(C)(CO)c1ccccc1. The molecule has 1 rings (SSSR count). The number of nitrogens with zero attached hydrogens (tertiary/aromatic N) is 1. The Morgan fingerprint density at radius 1 is 1.05 bits per heavy atom. The van der Waals surface area contributed by atoms with E-state index in [1.165, 1.54) is 0 Å². The van der Waals surface area contributed by atoms with Gasteiger partial charge in [-0.25, -0.2) is 0 Å². The lowest BCUT2D eigenvalue weighted by Crippen LogP contribution is -2.44. The molecule has 1 unspecified atom stereocenters. The third kappa shape index (κ3) is 5.21. The van der Waals surface area contributed by atoms with Gasteiger partial charge in [0.15, 0.2) is 0 Å². The lowest BCUT2D eigenvalue weighted by molar-refractivity contribution is 0.0846. The number of methoxy groups -OCH3 is 2. The predicted octanol–water partition coefficient (Wildman–Crippen LogP) is 1.53. The first-order valence-corrected chi connectivity index (χ1v) is 7.03. The van der Waals surface area contributed by atoms with Crippen LogP contribution in [-0.4, -0.2) is 63.7 Å². The van der Waals surface area contributed by atoms with Crippen molar-refractivity contribution < 1.29 is 14.6 Å². The summed E-state index contributed by atoms with van der Waals surface area (Å²) in [7, 11) is 3.41. The first-order valence-electron chi connectivity index (χ1n) is 7.03. The van der Waals surface area contributed by atoms with E-state index in [2.05, 4.69) is 24.0 Å². The van der Waals surface area contributed by atoms with Crippen LogP contribution in [0.5, 0.6) is 0 Å². The third-order valence-corrected chi connectivity index (χ3v) is 3.62. The molecular weight excluding hydrogens is 254 g/mol. The minimum atomic E-state index is -0.275. The topological polar surface area (TPSA) is 41.9 Å². The van der Waals surface area contributed by atoms with Crippen molar-refractivity contribution in [3.8, 4) is 0 Å². The number of aliphatic hydroxyl groups excluding tert-OH is 1. The largest absolute Gasteiger partial charge is 0.395 e. The quantitative estimate of drug-likeness (QED) is 0.706. The van der Waals surface area contributed by atoms with Gasteiger partial charge in [0.25, 0.3) is 0 Å². The van der Waals surface area contributed by atoms with Gasteiger partial charge in [0.2, 0.25) is 0 Å². The molecule has 0 heterocycles. The summed E-state index contributed by atoms with van der Waals surface area (Å²) in [4.78, 5) is 2.27. The number of aliphatic hydroxyl groups is 1. The highest BCUT2D eigenvalue weighted by Gasteiger charge is 2.28. The van der Waals surface area contributed by atoms with E-state index in [0.717, 1.165) is 25.2 Å². The minimum absolute atomic E-state index is 0.119. The summed E-state index contributed by atoms with van der Waals surface area (Å²) in [5.41, 5.74) is 0.880. The summed E-state index contributed by atoms with van der Waals surface area (Å²) in [6, 6.07) is 10.2. The summed E-state index contributed by atoms with van der Waals surface area (Å²) >= 11 is 0. The van der Waals surface area contributed by atoms with Crippen molar-refractivity contribution in [2.24, 2.45) is 0 Å². The molecule has 0 aliphatic rings. The average molecular weight is 281 g/mol. The fourth-order valence-electron chi connectivity index (χ4n) is 2.28. The van der Waals surface area contributed by atoms with Crippen LogP contribution in [0, 0.1) is 0 Å². The molecule has 0 bridgehead atoms. The Morgan fingerprint density at radius 2 is 1.60 bits per heavy atom. The van der Waals surface area contributed by atoms with Crippen molar-refractivity contribution in [3.05, 3.63) is 35.9 Å². The molecule has 0 aliphatic carbocycles. The van der Waals surface area contributed by atoms with Crippen molar-refractivity contribution in [3.63, 3.8) is 0 Å². The van der Waals surface area contributed by atoms with Gasteiger partial charge in [-0.15, -0.1) is 0 Å². The van der Waals surface area contributed by atoms with Gasteiger partial charge in [-0.1, -0.05) is 37.3 Å². The van der Waals surface area contributed by atoms with E-state index in [1.807, 2.05) is 18.2 Å². The average Bonchev–Trinajstić information content (AvgIpc) is 2.50. The molecule has 0 radical (unpaired) electrons. The fraction of sp³-hybridized carbons (Fsp3) is 0.625. The van der Waals surface area contributed by atoms with Gasteiger partial charge in [0.1, 0.15) is 0 Å². The number of benzene rings is 1. The first-order chi connectivity index (χ1) is 9.66. The second kappa shape index (κ2) is 9.08. The van der Waals surface area contributed by atoms with E-state index in [4.69, 9.17) is 9.47 Å². The van der Waals surface area contributed by atoms with Gasteiger partial charge in [0.05, 0.1) is 19.8 Å². The second-order valence-corrected chi connectivity index (χ2v) is 5.35. The van der Waals surface area contributed by atoms with Crippen LogP contribution in [0.15, 0.2) is 30.3 Å². The Hall–Kier alpha value is -0.940. The maximum Gasteiger partial charge on any atom is 0.0589 e. The fourth-order valence-corrected chi connectivity index (χ4v) is 2.28. The van der Waals surface area contributed by atoms with Gasteiger partial charge in [-0.3, -0.25) is 4.90 Å². The van der Waals surface area contributed by atoms with Crippen molar-refractivity contribution in [2.75, 3.05) is 53.7 Å². The Bertz CT molecular complexity index is 350. The first kappa shape index (κ1) is 17.1. The predicted molar refractivity (Wildman–Crippen MR) is 81.1 cm³/mol. The van der Waals surface area contributed by atoms with Crippen molar-refractivity contribution >= 4 is 0 Å². The maximum absolute atomic E-state index is 9.85. The van der Waals surface area contributed by atoms with Crippen LogP contribution in [-0.2, 0) is 14.9 Å². The molecule has 0 saturated heterocycles. The molecule has 1 aromatic rings. The number of ether oxygens (including phenoxy) is 2. The number of hydrogen-bond donors (Lipinski definition) is 1. The summed E-state index contributed by atoms with van der Waals surface area (Å²) in [5, 5.41) is 9.85. The molecule has 0 saturated carbocycles. The minimum Gasteiger partial charge on any atom is -0.395 e. The van der Waals surface area contributed by atoms with Gasteiger partial charge < -0.3 is 14.6 Å². The molecule has 1 N–H and O–H groups in total. The Labute approximate surface area is 122 Å². The summed E-state index contributed by atoms with van der Waals surface area (Å²) in [5.74, 6) is 0.